The molecule has 1 N–H and O–H groups in total. The van der Waals surface area contributed by atoms with Gasteiger partial charge in [-0.1, -0.05) is 26.7 Å². The molecule has 1 atom stereocenters. The highest BCUT2D eigenvalue weighted by molar-refractivity contribution is 5.27. The summed E-state index contributed by atoms with van der Waals surface area (Å²) in [5.41, 5.74) is 0. The van der Waals surface area contributed by atoms with E-state index in [1.54, 1.807) is 7.11 Å². The van der Waals surface area contributed by atoms with Gasteiger partial charge in [-0.2, -0.15) is 0 Å². The number of methoxy groups -OCH3 is 1. The van der Waals surface area contributed by atoms with Gasteiger partial charge < -0.3 is 14.6 Å². The number of anilines is 1. The molecule has 1 aromatic heterocycles. The molecule has 1 unspecified atom stereocenters. The highest BCUT2D eigenvalue weighted by Crippen LogP contribution is 2.10. The molecule has 1 rings (SSSR count). The molecule has 0 fully saturated rings. The second kappa shape index (κ2) is 8.12. The zero-order chi connectivity index (χ0) is 12.5. The normalized spacial score (nSPS) is 12.6. The van der Waals surface area contributed by atoms with Crippen molar-refractivity contribution < 1.29 is 4.74 Å². The molecule has 0 amide bonds. The number of hydrogen-bond donors (Lipinski definition) is 1. The number of ether oxygens (including phenoxy) is 1. The topological polar surface area (TPSA) is 39.1 Å². The van der Waals surface area contributed by atoms with Crippen LogP contribution in [-0.4, -0.2) is 29.3 Å². The molecule has 0 aliphatic heterocycles. The summed E-state index contributed by atoms with van der Waals surface area (Å²) in [5, 5.41) is 3.47. The van der Waals surface area contributed by atoms with E-state index >= 15 is 0 Å². The maximum absolute atomic E-state index is 5.23. The van der Waals surface area contributed by atoms with Crippen LogP contribution in [0.15, 0.2) is 12.4 Å². The molecule has 0 saturated heterocycles. The van der Waals surface area contributed by atoms with Crippen molar-refractivity contribution in [1.82, 2.24) is 9.55 Å². The Kier molecular flexibility index (Phi) is 6.70. The first-order valence-electron chi connectivity index (χ1n) is 6.58. The number of aryl methyl sites for hydroxylation is 1. The third-order valence-electron chi connectivity index (χ3n) is 2.81. The summed E-state index contributed by atoms with van der Waals surface area (Å²) >= 11 is 0. The Morgan fingerprint density at radius 1 is 1.41 bits per heavy atom. The Hall–Kier alpha value is -1.03. The van der Waals surface area contributed by atoms with Gasteiger partial charge in [0.2, 0.25) is 5.95 Å². The van der Waals surface area contributed by atoms with Crippen LogP contribution in [0.3, 0.4) is 0 Å². The minimum Gasteiger partial charge on any atom is -0.383 e. The highest BCUT2D eigenvalue weighted by Gasteiger charge is 2.10. The molecule has 98 valence electrons. The van der Waals surface area contributed by atoms with Gasteiger partial charge in [0.25, 0.3) is 0 Å². The van der Waals surface area contributed by atoms with E-state index in [-0.39, 0.29) is 0 Å². The quantitative estimate of drug-likeness (QED) is 0.720. The van der Waals surface area contributed by atoms with Crippen LogP contribution in [0.1, 0.15) is 39.5 Å². The molecule has 4 heteroatoms. The van der Waals surface area contributed by atoms with E-state index in [4.69, 9.17) is 4.74 Å². The Bertz CT molecular complexity index is 293. The molecular formula is C13H25N3O. The molecule has 0 bridgehead atoms. The molecule has 0 aromatic carbocycles. The Morgan fingerprint density at radius 2 is 2.24 bits per heavy atom. The van der Waals surface area contributed by atoms with Crippen molar-refractivity contribution in [2.24, 2.45) is 0 Å². The molecule has 4 nitrogen and oxygen atoms in total. The van der Waals surface area contributed by atoms with E-state index in [0.717, 1.165) is 31.9 Å². The SMILES string of the molecule is CCCCn1ccnc1NC(CCC)COC. The zero-order valence-corrected chi connectivity index (χ0v) is 11.3. The first-order valence-corrected chi connectivity index (χ1v) is 6.58. The Balaban J connectivity index is 2.55. The molecule has 0 radical (unpaired) electrons. The van der Waals surface area contributed by atoms with Crippen LogP contribution in [0.5, 0.6) is 0 Å². The summed E-state index contributed by atoms with van der Waals surface area (Å²) < 4.78 is 7.41. The minimum atomic E-state index is 0.354. The summed E-state index contributed by atoms with van der Waals surface area (Å²) in [7, 11) is 1.74. The van der Waals surface area contributed by atoms with Gasteiger partial charge in [-0.3, -0.25) is 0 Å². The fourth-order valence-electron chi connectivity index (χ4n) is 1.89. The lowest BCUT2D eigenvalue weighted by Crippen LogP contribution is -2.26. The van der Waals surface area contributed by atoms with Crippen molar-refractivity contribution in [3.8, 4) is 0 Å². The number of aromatic nitrogens is 2. The van der Waals surface area contributed by atoms with E-state index in [2.05, 4.69) is 28.7 Å². The lowest BCUT2D eigenvalue weighted by Gasteiger charge is -2.18. The van der Waals surface area contributed by atoms with Crippen LogP contribution in [-0.2, 0) is 11.3 Å². The van der Waals surface area contributed by atoms with Gasteiger partial charge in [-0.15, -0.1) is 0 Å². The predicted molar refractivity (Wildman–Crippen MR) is 71.3 cm³/mol. The summed E-state index contributed by atoms with van der Waals surface area (Å²) in [6.07, 6.45) is 8.54. The molecule has 0 aliphatic rings. The van der Waals surface area contributed by atoms with Crippen molar-refractivity contribution in [3.63, 3.8) is 0 Å². The summed E-state index contributed by atoms with van der Waals surface area (Å²) in [6.45, 7) is 6.15. The fraction of sp³-hybridized carbons (Fsp3) is 0.769. The van der Waals surface area contributed by atoms with E-state index in [1.165, 1.54) is 12.8 Å². The molecular weight excluding hydrogens is 214 g/mol. The number of imidazole rings is 1. The van der Waals surface area contributed by atoms with Gasteiger partial charge in [0, 0.05) is 26.0 Å². The standard InChI is InChI=1S/C13H25N3O/c1-4-6-9-16-10-8-14-13(16)15-12(7-5-2)11-17-3/h8,10,12H,4-7,9,11H2,1-3H3,(H,14,15). The predicted octanol–water partition coefficient (Wildman–Crippen LogP) is 2.91. The van der Waals surface area contributed by atoms with Gasteiger partial charge in [-0.25, -0.2) is 4.98 Å². The lowest BCUT2D eigenvalue weighted by molar-refractivity contribution is 0.182. The van der Waals surface area contributed by atoms with Crippen LogP contribution >= 0.6 is 0 Å². The van der Waals surface area contributed by atoms with Crippen LogP contribution < -0.4 is 5.32 Å². The van der Waals surface area contributed by atoms with Crippen molar-refractivity contribution >= 4 is 5.95 Å². The summed E-state index contributed by atoms with van der Waals surface area (Å²) in [4.78, 5) is 4.37. The molecule has 0 aliphatic carbocycles. The van der Waals surface area contributed by atoms with Gasteiger partial charge >= 0.3 is 0 Å². The van der Waals surface area contributed by atoms with E-state index in [1.807, 2.05) is 12.4 Å². The second-order valence-electron chi connectivity index (χ2n) is 4.38. The largest absolute Gasteiger partial charge is 0.383 e. The summed E-state index contributed by atoms with van der Waals surface area (Å²) in [6, 6.07) is 0.354. The number of rotatable bonds is 9. The first kappa shape index (κ1) is 14.0. The van der Waals surface area contributed by atoms with Gasteiger partial charge in [0.05, 0.1) is 12.6 Å². The van der Waals surface area contributed by atoms with E-state index < -0.39 is 0 Å². The third-order valence-corrected chi connectivity index (χ3v) is 2.81. The maximum atomic E-state index is 5.23. The molecule has 0 spiro atoms. The highest BCUT2D eigenvalue weighted by atomic mass is 16.5. The number of nitrogens with one attached hydrogen (secondary N) is 1. The van der Waals surface area contributed by atoms with Gasteiger partial charge in [0.15, 0.2) is 0 Å². The average molecular weight is 239 g/mol. The average Bonchev–Trinajstić information content (AvgIpc) is 2.74. The van der Waals surface area contributed by atoms with Crippen LogP contribution in [0, 0.1) is 0 Å². The van der Waals surface area contributed by atoms with E-state index in [9.17, 15) is 0 Å². The molecule has 0 saturated carbocycles. The van der Waals surface area contributed by atoms with Gasteiger partial charge in [-0.05, 0) is 12.8 Å². The molecule has 1 heterocycles. The number of unbranched alkanes of at least 4 members (excludes halogenated alkanes) is 1. The zero-order valence-electron chi connectivity index (χ0n) is 11.3. The monoisotopic (exact) mass is 239 g/mol. The smallest absolute Gasteiger partial charge is 0.203 e. The maximum Gasteiger partial charge on any atom is 0.203 e. The Labute approximate surface area is 104 Å². The number of hydrogen-bond acceptors (Lipinski definition) is 3. The molecule has 1 aromatic rings. The minimum absolute atomic E-state index is 0.354. The van der Waals surface area contributed by atoms with Crippen LogP contribution in [0.2, 0.25) is 0 Å². The lowest BCUT2D eigenvalue weighted by atomic mass is 10.2. The van der Waals surface area contributed by atoms with Crippen molar-refractivity contribution in [3.05, 3.63) is 12.4 Å². The summed E-state index contributed by atoms with van der Waals surface area (Å²) in [5.74, 6) is 0.967. The fourth-order valence-corrected chi connectivity index (χ4v) is 1.89. The number of nitrogens with zero attached hydrogens (tertiary/aromatic N) is 2. The third kappa shape index (κ3) is 4.77. The van der Waals surface area contributed by atoms with Crippen molar-refractivity contribution in [2.75, 3.05) is 19.0 Å². The van der Waals surface area contributed by atoms with Crippen LogP contribution in [0.25, 0.3) is 0 Å². The van der Waals surface area contributed by atoms with Crippen molar-refractivity contribution in [2.45, 2.75) is 52.1 Å². The van der Waals surface area contributed by atoms with Crippen LogP contribution in [0.4, 0.5) is 5.95 Å². The van der Waals surface area contributed by atoms with Gasteiger partial charge in [0.1, 0.15) is 0 Å². The molecule has 17 heavy (non-hydrogen) atoms. The van der Waals surface area contributed by atoms with E-state index in [0.29, 0.717) is 6.04 Å². The van der Waals surface area contributed by atoms with Crippen molar-refractivity contribution in [1.29, 1.82) is 0 Å². The second-order valence-corrected chi connectivity index (χ2v) is 4.38. The Morgan fingerprint density at radius 3 is 2.88 bits per heavy atom. The first-order chi connectivity index (χ1) is 8.31.